The molecule has 4 heteroatoms. The van der Waals surface area contributed by atoms with Gasteiger partial charge in [0.1, 0.15) is 0 Å². The minimum Gasteiger partial charge on any atom is -0.311 e. The Morgan fingerprint density at radius 1 is 1.40 bits per heavy atom. The Morgan fingerprint density at radius 3 is 2.73 bits per heavy atom. The summed E-state index contributed by atoms with van der Waals surface area (Å²) in [7, 11) is 0. The van der Waals surface area contributed by atoms with Crippen molar-refractivity contribution in [3.05, 3.63) is 17.5 Å². The molecule has 0 fully saturated rings. The van der Waals surface area contributed by atoms with Gasteiger partial charge in [0.25, 0.3) is 0 Å². The van der Waals surface area contributed by atoms with Crippen molar-refractivity contribution in [3.63, 3.8) is 0 Å². The normalized spacial score (nSPS) is 10.1. The van der Waals surface area contributed by atoms with Gasteiger partial charge in [0, 0.05) is 13.1 Å². The van der Waals surface area contributed by atoms with E-state index in [-0.39, 0.29) is 12.4 Å². The maximum atomic E-state index is 4.31. The molecule has 0 saturated carbocycles. The number of aryl methyl sites for hydroxylation is 2. The summed E-state index contributed by atoms with van der Waals surface area (Å²) >= 11 is 0. The second kappa shape index (κ2) is 7.71. The van der Waals surface area contributed by atoms with E-state index < -0.39 is 0 Å². The van der Waals surface area contributed by atoms with Crippen molar-refractivity contribution >= 4 is 12.4 Å². The summed E-state index contributed by atoms with van der Waals surface area (Å²) < 4.78 is 2.06. The van der Waals surface area contributed by atoms with E-state index in [4.69, 9.17) is 0 Å². The van der Waals surface area contributed by atoms with Gasteiger partial charge in [0.05, 0.1) is 11.9 Å². The van der Waals surface area contributed by atoms with Crippen LogP contribution in [-0.4, -0.2) is 16.3 Å². The zero-order chi connectivity index (χ0) is 10.4. The smallest absolute Gasteiger partial charge is 0.0551 e. The Hall–Kier alpha value is -0.540. The number of hydrogen-bond donors (Lipinski definition) is 1. The fourth-order valence-corrected chi connectivity index (χ4v) is 1.52. The number of rotatable bonds is 6. The molecular weight excluding hydrogens is 210 g/mol. The van der Waals surface area contributed by atoms with Crippen molar-refractivity contribution in [2.45, 2.75) is 46.7 Å². The zero-order valence-corrected chi connectivity index (χ0v) is 10.7. The van der Waals surface area contributed by atoms with E-state index in [0.29, 0.717) is 0 Å². The van der Waals surface area contributed by atoms with Gasteiger partial charge in [-0.1, -0.05) is 13.3 Å². The predicted octanol–water partition coefficient (Wildman–Crippen LogP) is 2.52. The van der Waals surface area contributed by atoms with Gasteiger partial charge in [-0.05, 0) is 32.4 Å². The van der Waals surface area contributed by atoms with Crippen molar-refractivity contribution in [1.82, 2.24) is 15.1 Å². The van der Waals surface area contributed by atoms with Crippen LogP contribution in [0.25, 0.3) is 0 Å². The van der Waals surface area contributed by atoms with Gasteiger partial charge >= 0.3 is 0 Å². The quantitative estimate of drug-likeness (QED) is 0.763. The molecule has 0 radical (unpaired) electrons. The topological polar surface area (TPSA) is 29.9 Å². The van der Waals surface area contributed by atoms with Crippen LogP contribution in [0.15, 0.2) is 6.20 Å². The summed E-state index contributed by atoms with van der Waals surface area (Å²) in [6.45, 7) is 9.46. The Balaban J connectivity index is 0.00000196. The molecule has 0 amide bonds. The van der Waals surface area contributed by atoms with Crippen molar-refractivity contribution in [2.24, 2.45) is 0 Å². The minimum absolute atomic E-state index is 0. The lowest BCUT2D eigenvalue weighted by Gasteiger charge is -2.07. The molecule has 1 heterocycles. The second-order valence-corrected chi connectivity index (χ2v) is 3.62. The number of hydrogen-bond acceptors (Lipinski definition) is 2. The first kappa shape index (κ1) is 14.5. The summed E-state index contributed by atoms with van der Waals surface area (Å²) in [6.07, 6.45) is 4.44. The minimum atomic E-state index is 0. The van der Waals surface area contributed by atoms with Crippen LogP contribution in [0.1, 0.15) is 37.9 Å². The number of aromatic nitrogens is 2. The molecule has 0 bridgehead atoms. The van der Waals surface area contributed by atoms with Gasteiger partial charge < -0.3 is 5.32 Å². The Morgan fingerprint density at radius 2 is 2.13 bits per heavy atom. The zero-order valence-electron chi connectivity index (χ0n) is 9.92. The van der Waals surface area contributed by atoms with Gasteiger partial charge in [-0.2, -0.15) is 5.10 Å². The molecular formula is C11H22ClN3. The second-order valence-electron chi connectivity index (χ2n) is 3.62. The molecule has 1 aromatic rings. The van der Waals surface area contributed by atoms with Crippen LogP contribution < -0.4 is 5.32 Å². The van der Waals surface area contributed by atoms with Gasteiger partial charge in [0.15, 0.2) is 0 Å². The summed E-state index contributed by atoms with van der Waals surface area (Å²) in [6, 6.07) is 0. The van der Waals surface area contributed by atoms with Crippen LogP contribution in [0.3, 0.4) is 0 Å². The fourth-order valence-electron chi connectivity index (χ4n) is 1.52. The first-order valence-corrected chi connectivity index (χ1v) is 5.51. The third-order valence-corrected chi connectivity index (χ3v) is 2.46. The fraction of sp³-hybridized carbons (Fsp3) is 0.727. The van der Waals surface area contributed by atoms with Crippen LogP contribution in [0.2, 0.25) is 0 Å². The Kier molecular flexibility index (Phi) is 7.44. The molecule has 0 unspecified atom stereocenters. The van der Waals surface area contributed by atoms with Crippen LogP contribution in [-0.2, 0) is 13.1 Å². The third-order valence-electron chi connectivity index (χ3n) is 2.46. The van der Waals surface area contributed by atoms with Gasteiger partial charge in [-0.25, -0.2) is 0 Å². The highest BCUT2D eigenvalue weighted by Gasteiger charge is 2.04. The molecule has 0 aliphatic rings. The largest absolute Gasteiger partial charge is 0.311 e. The molecule has 1 aromatic heterocycles. The molecule has 88 valence electrons. The first-order valence-electron chi connectivity index (χ1n) is 5.51. The van der Waals surface area contributed by atoms with Crippen LogP contribution in [0.5, 0.6) is 0 Å². The maximum Gasteiger partial charge on any atom is 0.0551 e. The molecule has 0 atom stereocenters. The average Bonchev–Trinajstić information content (AvgIpc) is 2.55. The van der Waals surface area contributed by atoms with Crippen molar-refractivity contribution < 1.29 is 0 Å². The maximum absolute atomic E-state index is 4.31. The lowest BCUT2D eigenvalue weighted by Crippen LogP contribution is -2.18. The highest BCUT2D eigenvalue weighted by atomic mass is 35.5. The number of nitrogens with zero attached hydrogens (tertiary/aromatic N) is 2. The molecule has 0 spiro atoms. The third kappa shape index (κ3) is 4.22. The molecule has 0 aromatic carbocycles. The SMILES string of the molecule is CCCCNCc1c(C)cnn1CC.Cl. The molecule has 15 heavy (non-hydrogen) atoms. The van der Waals surface area contributed by atoms with Crippen LogP contribution >= 0.6 is 12.4 Å². The van der Waals surface area contributed by atoms with Crippen LogP contribution in [0, 0.1) is 6.92 Å². The standard InChI is InChI=1S/C11H21N3.ClH/c1-4-6-7-12-9-11-10(3)8-13-14(11)5-2;/h8,12H,4-7,9H2,1-3H3;1H. The number of halogens is 1. The van der Waals surface area contributed by atoms with E-state index in [1.807, 2.05) is 6.20 Å². The lowest BCUT2D eigenvalue weighted by molar-refractivity contribution is 0.569. The van der Waals surface area contributed by atoms with Crippen molar-refractivity contribution in [3.8, 4) is 0 Å². The van der Waals surface area contributed by atoms with Gasteiger partial charge in [-0.15, -0.1) is 12.4 Å². The molecule has 0 aliphatic heterocycles. The van der Waals surface area contributed by atoms with Gasteiger partial charge in [0.2, 0.25) is 0 Å². The van der Waals surface area contributed by atoms with E-state index >= 15 is 0 Å². The molecule has 0 aliphatic carbocycles. The molecule has 1 rings (SSSR count). The molecule has 0 saturated heterocycles. The van der Waals surface area contributed by atoms with Gasteiger partial charge in [-0.3, -0.25) is 4.68 Å². The predicted molar refractivity (Wildman–Crippen MR) is 66.5 cm³/mol. The summed E-state index contributed by atoms with van der Waals surface area (Å²) in [5.74, 6) is 0. The number of unbranched alkanes of at least 4 members (excludes halogenated alkanes) is 1. The summed E-state index contributed by atoms with van der Waals surface area (Å²) in [5, 5.41) is 7.75. The monoisotopic (exact) mass is 231 g/mol. The summed E-state index contributed by atoms with van der Waals surface area (Å²) in [4.78, 5) is 0. The first-order chi connectivity index (χ1) is 6.79. The summed E-state index contributed by atoms with van der Waals surface area (Å²) in [5.41, 5.74) is 2.61. The Labute approximate surface area is 98.7 Å². The van der Waals surface area contributed by atoms with E-state index in [2.05, 4.69) is 35.9 Å². The van der Waals surface area contributed by atoms with E-state index in [1.54, 1.807) is 0 Å². The molecule has 1 N–H and O–H groups in total. The number of nitrogens with one attached hydrogen (secondary N) is 1. The average molecular weight is 232 g/mol. The van der Waals surface area contributed by atoms with Crippen molar-refractivity contribution in [1.29, 1.82) is 0 Å². The Bertz CT molecular complexity index is 271. The van der Waals surface area contributed by atoms with E-state index in [1.165, 1.54) is 24.1 Å². The highest BCUT2D eigenvalue weighted by Crippen LogP contribution is 2.06. The van der Waals surface area contributed by atoms with E-state index in [0.717, 1.165) is 19.6 Å². The highest BCUT2D eigenvalue weighted by molar-refractivity contribution is 5.85. The molecule has 3 nitrogen and oxygen atoms in total. The lowest BCUT2D eigenvalue weighted by atomic mass is 10.2. The van der Waals surface area contributed by atoms with Crippen molar-refractivity contribution in [2.75, 3.05) is 6.54 Å². The van der Waals surface area contributed by atoms with Crippen LogP contribution in [0.4, 0.5) is 0 Å². The van der Waals surface area contributed by atoms with E-state index in [9.17, 15) is 0 Å².